The molecule has 1 aromatic carbocycles. The SMILES string of the molecule is COC(Cn1c(SCC(=O)Nc2ccccc2)nnc1-c1ccccn1)OC. The second-order valence-corrected chi connectivity index (χ2v) is 6.68. The minimum absolute atomic E-state index is 0.125. The third-order valence-corrected chi connectivity index (χ3v) is 4.82. The van der Waals surface area contributed by atoms with Crippen LogP contribution in [0.1, 0.15) is 0 Å². The molecule has 0 aliphatic rings. The number of hydrogen-bond donors (Lipinski definition) is 1. The van der Waals surface area contributed by atoms with E-state index in [9.17, 15) is 4.79 Å². The van der Waals surface area contributed by atoms with Crippen LogP contribution >= 0.6 is 11.8 Å². The Hall–Kier alpha value is -2.75. The van der Waals surface area contributed by atoms with Crippen molar-refractivity contribution in [1.29, 1.82) is 0 Å². The summed E-state index contributed by atoms with van der Waals surface area (Å²) in [5.41, 5.74) is 1.43. The minimum atomic E-state index is -0.476. The Morgan fingerprint density at radius 1 is 1.11 bits per heavy atom. The molecule has 1 amide bonds. The molecule has 2 heterocycles. The van der Waals surface area contributed by atoms with E-state index < -0.39 is 6.29 Å². The Morgan fingerprint density at radius 2 is 1.86 bits per heavy atom. The number of pyridine rings is 1. The monoisotopic (exact) mass is 399 g/mol. The average molecular weight is 399 g/mol. The van der Waals surface area contributed by atoms with Crippen molar-refractivity contribution in [2.75, 3.05) is 25.3 Å². The van der Waals surface area contributed by atoms with Gasteiger partial charge in [0.25, 0.3) is 0 Å². The van der Waals surface area contributed by atoms with Crippen molar-refractivity contribution in [3.05, 3.63) is 54.7 Å². The number of carbonyl (C=O) groups excluding carboxylic acids is 1. The van der Waals surface area contributed by atoms with Crippen molar-refractivity contribution in [3.8, 4) is 11.5 Å². The molecule has 0 fully saturated rings. The molecular formula is C19H21N5O3S. The van der Waals surface area contributed by atoms with Gasteiger partial charge in [0, 0.05) is 26.1 Å². The van der Waals surface area contributed by atoms with Gasteiger partial charge in [-0.3, -0.25) is 14.3 Å². The van der Waals surface area contributed by atoms with E-state index in [4.69, 9.17) is 9.47 Å². The molecule has 0 atom stereocenters. The van der Waals surface area contributed by atoms with Crippen LogP contribution in [0.5, 0.6) is 0 Å². The van der Waals surface area contributed by atoms with Gasteiger partial charge in [-0.2, -0.15) is 0 Å². The van der Waals surface area contributed by atoms with Crippen LogP contribution in [-0.4, -0.2) is 51.9 Å². The number of hydrogen-bond acceptors (Lipinski definition) is 7. The number of aromatic nitrogens is 4. The highest BCUT2D eigenvalue weighted by Crippen LogP contribution is 2.23. The normalized spacial score (nSPS) is 11.0. The Kier molecular flexibility index (Phi) is 7.12. The Labute approximate surface area is 167 Å². The number of nitrogens with zero attached hydrogens (tertiary/aromatic N) is 4. The molecule has 0 unspecified atom stereocenters. The molecule has 0 aliphatic carbocycles. The fourth-order valence-corrected chi connectivity index (χ4v) is 3.24. The predicted octanol–water partition coefficient (Wildman–Crippen LogP) is 2.69. The van der Waals surface area contributed by atoms with Gasteiger partial charge >= 0.3 is 0 Å². The number of carbonyl (C=O) groups is 1. The molecule has 0 spiro atoms. The van der Waals surface area contributed by atoms with Crippen molar-refractivity contribution >= 4 is 23.4 Å². The summed E-state index contributed by atoms with van der Waals surface area (Å²) >= 11 is 1.29. The van der Waals surface area contributed by atoms with Crippen LogP contribution in [0, 0.1) is 0 Å². The predicted molar refractivity (Wildman–Crippen MR) is 107 cm³/mol. The largest absolute Gasteiger partial charge is 0.354 e. The lowest BCUT2D eigenvalue weighted by Gasteiger charge is -2.16. The number of amides is 1. The summed E-state index contributed by atoms with van der Waals surface area (Å²) in [4.78, 5) is 16.6. The molecule has 0 saturated heterocycles. The first-order valence-corrected chi connectivity index (χ1v) is 9.57. The lowest BCUT2D eigenvalue weighted by molar-refractivity contribution is -0.113. The third-order valence-electron chi connectivity index (χ3n) is 3.86. The van der Waals surface area contributed by atoms with Crippen molar-refractivity contribution in [3.63, 3.8) is 0 Å². The van der Waals surface area contributed by atoms with Crippen molar-refractivity contribution < 1.29 is 14.3 Å². The lowest BCUT2D eigenvalue weighted by Crippen LogP contribution is -2.22. The molecule has 0 aliphatic heterocycles. The van der Waals surface area contributed by atoms with Crippen LogP contribution in [0.3, 0.4) is 0 Å². The number of thioether (sulfide) groups is 1. The van der Waals surface area contributed by atoms with E-state index in [1.807, 2.05) is 53.1 Å². The summed E-state index contributed by atoms with van der Waals surface area (Å²) in [6, 6.07) is 14.9. The van der Waals surface area contributed by atoms with Gasteiger partial charge in [0.1, 0.15) is 5.69 Å². The zero-order valence-corrected chi connectivity index (χ0v) is 16.4. The standard InChI is InChI=1S/C19H21N5O3S/c1-26-17(27-2)12-24-18(15-10-6-7-11-20-15)22-23-19(24)28-13-16(25)21-14-8-4-3-5-9-14/h3-11,17H,12-13H2,1-2H3,(H,21,25). The van der Waals surface area contributed by atoms with Crippen LogP contribution in [0.2, 0.25) is 0 Å². The van der Waals surface area contributed by atoms with Crippen molar-refractivity contribution in [2.45, 2.75) is 18.0 Å². The molecule has 3 rings (SSSR count). The number of rotatable bonds is 9. The van der Waals surface area contributed by atoms with Gasteiger partial charge in [0.2, 0.25) is 5.91 Å². The summed E-state index contributed by atoms with van der Waals surface area (Å²) in [5, 5.41) is 11.9. The quantitative estimate of drug-likeness (QED) is 0.437. The van der Waals surface area contributed by atoms with Crippen molar-refractivity contribution in [1.82, 2.24) is 19.7 Å². The van der Waals surface area contributed by atoms with Gasteiger partial charge < -0.3 is 14.8 Å². The maximum absolute atomic E-state index is 12.3. The molecule has 0 radical (unpaired) electrons. The summed E-state index contributed by atoms with van der Waals surface area (Å²) in [5.74, 6) is 0.658. The second kappa shape index (κ2) is 9.98. The van der Waals surface area contributed by atoms with Crippen LogP contribution in [0.25, 0.3) is 11.5 Å². The number of methoxy groups -OCH3 is 2. The van der Waals surface area contributed by atoms with Crippen LogP contribution in [0.4, 0.5) is 5.69 Å². The number of benzene rings is 1. The zero-order valence-electron chi connectivity index (χ0n) is 15.6. The molecular weight excluding hydrogens is 378 g/mol. The lowest BCUT2D eigenvalue weighted by atomic mass is 10.3. The summed E-state index contributed by atoms with van der Waals surface area (Å²) < 4.78 is 12.5. The third kappa shape index (κ3) is 5.16. The first-order valence-electron chi connectivity index (χ1n) is 8.59. The van der Waals surface area contributed by atoms with Crippen LogP contribution in [0.15, 0.2) is 59.9 Å². The van der Waals surface area contributed by atoms with E-state index >= 15 is 0 Å². The first-order chi connectivity index (χ1) is 13.7. The van der Waals surface area contributed by atoms with E-state index in [-0.39, 0.29) is 11.7 Å². The Morgan fingerprint density at radius 3 is 2.54 bits per heavy atom. The van der Waals surface area contributed by atoms with E-state index in [0.717, 1.165) is 5.69 Å². The molecule has 3 aromatic rings. The molecule has 146 valence electrons. The number of anilines is 1. The van der Waals surface area contributed by atoms with Gasteiger partial charge in [-0.05, 0) is 24.3 Å². The first kappa shape index (κ1) is 20.0. The van der Waals surface area contributed by atoms with Gasteiger partial charge in [-0.15, -0.1) is 10.2 Å². The number of para-hydroxylation sites is 1. The van der Waals surface area contributed by atoms with E-state index in [0.29, 0.717) is 23.2 Å². The summed E-state index contributed by atoms with van der Waals surface area (Å²) in [7, 11) is 3.14. The van der Waals surface area contributed by atoms with Gasteiger partial charge in [-0.25, -0.2) is 0 Å². The highest BCUT2D eigenvalue weighted by molar-refractivity contribution is 7.99. The molecule has 2 aromatic heterocycles. The molecule has 0 bridgehead atoms. The fraction of sp³-hybridized carbons (Fsp3) is 0.263. The zero-order chi connectivity index (χ0) is 19.8. The summed E-state index contributed by atoms with van der Waals surface area (Å²) in [6.45, 7) is 0.370. The van der Waals surface area contributed by atoms with Crippen LogP contribution < -0.4 is 5.32 Å². The maximum Gasteiger partial charge on any atom is 0.234 e. The molecule has 8 nitrogen and oxygen atoms in total. The summed E-state index contributed by atoms with van der Waals surface area (Å²) in [6.07, 6.45) is 1.22. The highest BCUT2D eigenvalue weighted by atomic mass is 32.2. The number of ether oxygens (including phenoxy) is 2. The molecule has 0 saturated carbocycles. The van der Waals surface area contributed by atoms with E-state index in [1.54, 1.807) is 20.4 Å². The fourth-order valence-electron chi connectivity index (χ4n) is 2.49. The average Bonchev–Trinajstić information content (AvgIpc) is 3.14. The Bertz CT molecular complexity index is 885. The second-order valence-electron chi connectivity index (χ2n) is 5.74. The molecule has 1 N–H and O–H groups in total. The van der Waals surface area contributed by atoms with Gasteiger partial charge in [0.05, 0.1) is 12.3 Å². The Balaban J connectivity index is 1.76. The van der Waals surface area contributed by atoms with E-state index in [1.165, 1.54) is 11.8 Å². The van der Waals surface area contributed by atoms with Gasteiger partial charge in [-0.1, -0.05) is 36.0 Å². The highest BCUT2D eigenvalue weighted by Gasteiger charge is 2.19. The molecule has 28 heavy (non-hydrogen) atoms. The number of nitrogens with one attached hydrogen (secondary N) is 1. The smallest absolute Gasteiger partial charge is 0.234 e. The van der Waals surface area contributed by atoms with Gasteiger partial charge in [0.15, 0.2) is 17.3 Å². The van der Waals surface area contributed by atoms with Crippen molar-refractivity contribution in [2.24, 2.45) is 0 Å². The topological polar surface area (TPSA) is 91.2 Å². The maximum atomic E-state index is 12.3. The van der Waals surface area contributed by atoms with E-state index in [2.05, 4.69) is 20.5 Å². The minimum Gasteiger partial charge on any atom is -0.354 e. The molecule has 9 heteroatoms. The van der Waals surface area contributed by atoms with Crippen LogP contribution in [-0.2, 0) is 20.8 Å².